The van der Waals surface area contributed by atoms with E-state index in [9.17, 15) is 9.90 Å². The first-order valence-corrected chi connectivity index (χ1v) is 9.49. The minimum Gasteiger partial charge on any atom is -0.395 e. The molecule has 2 rings (SSSR count). The molecule has 0 bridgehead atoms. The highest BCUT2D eigenvalue weighted by atomic mass is 16.5. The van der Waals surface area contributed by atoms with Crippen molar-refractivity contribution in [1.82, 2.24) is 10.2 Å². The van der Waals surface area contributed by atoms with Gasteiger partial charge in [-0.2, -0.15) is 0 Å². The van der Waals surface area contributed by atoms with E-state index in [4.69, 9.17) is 4.74 Å². The van der Waals surface area contributed by atoms with Crippen LogP contribution in [0.4, 0.5) is 4.79 Å². The van der Waals surface area contributed by atoms with Crippen LogP contribution in [0.2, 0.25) is 0 Å². The molecule has 0 aromatic rings. The number of rotatable bonds is 7. The van der Waals surface area contributed by atoms with Crippen LogP contribution in [0.15, 0.2) is 0 Å². The summed E-state index contributed by atoms with van der Waals surface area (Å²) in [6.07, 6.45) is 11.2. The van der Waals surface area contributed by atoms with Crippen molar-refractivity contribution in [2.75, 3.05) is 26.3 Å². The Kier molecular flexibility index (Phi) is 7.63. The number of carbonyl (C=O) groups excluding carboxylic acids is 1. The van der Waals surface area contributed by atoms with Crippen molar-refractivity contribution in [3.63, 3.8) is 0 Å². The van der Waals surface area contributed by atoms with Crippen LogP contribution in [0.3, 0.4) is 0 Å². The van der Waals surface area contributed by atoms with Crippen LogP contribution in [-0.4, -0.2) is 54.0 Å². The van der Waals surface area contributed by atoms with Crippen molar-refractivity contribution >= 4 is 6.03 Å². The number of unbranched alkanes of at least 4 members (excludes halogenated alkanes) is 2. The molecule has 0 radical (unpaired) electrons. The monoisotopic (exact) mass is 326 g/mol. The van der Waals surface area contributed by atoms with Crippen LogP contribution >= 0.6 is 0 Å². The molecular weight excluding hydrogens is 292 g/mol. The van der Waals surface area contributed by atoms with Gasteiger partial charge in [-0.15, -0.1) is 0 Å². The Morgan fingerprint density at radius 1 is 1.26 bits per heavy atom. The van der Waals surface area contributed by atoms with Crippen molar-refractivity contribution in [2.45, 2.75) is 82.8 Å². The van der Waals surface area contributed by atoms with Crippen LogP contribution in [0, 0.1) is 0 Å². The lowest BCUT2D eigenvalue weighted by Crippen LogP contribution is -2.52. The topological polar surface area (TPSA) is 61.8 Å². The quantitative estimate of drug-likeness (QED) is 0.707. The number of nitrogens with one attached hydrogen (secondary N) is 1. The second kappa shape index (κ2) is 9.48. The number of hydrogen-bond acceptors (Lipinski definition) is 3. The molecule has 5 heteroatoms. The van der Waals surface area contributed by atoms with Crippen LogP contribution in [0.25, 0.3) is 0 Å². The standard InChI is InChI=1S/C18H34N2O3/c1-2-3-7-11-20(12-13-21)17(22)19-16-8-14-23-18(15-16)9-5-4-6-10-18/h16,21H,2-15H2,1H3,(H,19,22). The molecule has 0 aromatic heterocycles. The first kappa shape index (κ1) is 18.5. The van der Waals surface area contributed by atoms with E-state index in [0.717, 1.165) is 58.1 Å². The minimum absolute atomic E-state index is 0.0124. The SMILES string of the molecule is CCCCCN(CCO)C(=O)NC1CCOC2(CCCCC2)C1. The molecular formula is C18H34N2O3. The Hall–Kier alpha value is -0.810. The van der Waals surface area contributed by atoms with Crippen molar-refractivity contribution in [3.05, 3.63) is 0 Å². The number of urea groups is 1. The zero-order valence-corrected chi connectivity index (χ0v) is 14.7. The van der Waals surface area contributed by atoms with E-state index in [-0.39, 0.29) is 24.3 Å². The predicted molar refractivity (Wildman–Crippen MR) is 91.5 cm³/mol. The number of hydrogen-bond donors (Lipinski definition) is 2. The van der Waals surface area contributed by atoms with Crippen LogP contribution in [0.1, 0.15) is 71.1 Å². The van der Waals surface area contributed by atoms with Gasteiger partial charge in [0.15, 0.2) is 0 Å². The van der Waals surface area contributed by atoms with Crippen molar-refractivity contribution in [1.29, 1.82) is 0 Å². The third-order valence-electron chi connectivity index (χ3n) is 5.27. The maximum Gasteiger partial charge on any atom is 0.317 e. The fourth-order valence-electron chi connectivity index (χ4n) is 3.95. The Labute approximate surface area is 140 Å². The van der Waals surface area contributed by atoms with E-state index < -0.39 is 0 Å². The molecule has 5 nitrogen and oxygen atoms in total. The zero-order valence-electron chi connectivity index (χ0n) is 14.7. The van der Waals surface area contributed by atoms with E-state index >= 15 is 0 Å². The van der Waals surface area contributed by atoms with Gasteiger partial charge in [0.1, 0.15) is 0 Å². The van der Waals surface area contributed by atoms with Gasteiger partial charge >= 0.3 is 6.03 Å². The van der Waals surface area contributed by atoms with Gasteiger partial charge in [0, 0.05) is 25.7 Å². The first-order valence-electron chi connectivity index (χ1n) is 9.49. The van der Waals surface area contributed by atoms with Gasteiger partial charge in [0.05, 0.1) is 12.2 Å². The Balaban J connectivity index is 1.84. The lowest BCUT2D eigenvalue weighted by Gasteiger charge is -2.44. The summed E-state index contributed by atoms with van der Waals surface area (Å²) in [5.41, 5.74) is 0.0124. The van der Waals surface area contributed by atoms with Crippen molar-refractivity contribution < 1.29 is 14.6 Å². The molecule has 1 atom stereocenters. The molecule has 1 saturated carbocycles. The minimum atomic E-state index is -0.0204. The highest BCUT2D eigenvalue weighted by Crippen LogP contribution is 2.38. The van der Waals surface area contributed by atoms with Crippen LogP contribution < -0.4 is 5.32 Å². The Morgan fingerprint density at radius 2 is 2.04 bits per heavy atom. The van der Waals surface area contributed by atoms with Crippen LogP contribution in [-0.2, 0) is 4.74 Å². The van der Waals surface area contributed by atoms with E-state index in [1.54, 1.807) is 4.90 Å². The fraction of sp³-hybridized carbons (Fsp3) is 0.944. The summed E-state index contributed by atoms with van der Waals surface area (Å²) in [6.45, 7) is 4.08. The molecule has 2 N–H and O–H groups in total. The molecule has 2 amide bonds. The molecule has 1 aliphatic heterocycles. The maximum absolute atomic E-state index is 12.5. The molecule has 23 heavy (non-hydrogen) atoms. The van der Waals surface area contributed by atoms with E-state index in [2.05, 4.69) is 12.2 Å². The average molecular weight is 326 g/mol. The Morgan fingerprint density at radius 3 is 2.74 bits per heavy atom. The summed E-state index contributed by atoms with van der Waals surface area (Å²) in [7, 11) is 0. The third-order valence-corrected chi connectivity index (χ3v) is 5.27. The van der Waals surface area contributed by atoms with Crippen molar-refractivity contribution in [2.24, 2.45) is 0 Å². The molecule has 1 saturated heterocycles. The summed E-state index contributed by atoms with van der Waals surface area (Å²) in [4.78, 5) is 14.3. The van der Waals surface area contributed by atoms with Gasteiger partial charge in [0.25, 0.3) is 0 Å². The van der Waals surface area contributed by atoms with E-state index in [1.807, 2.05) is 0 Å². The maximum atomic E-state index is 12.5. The van der Waals surface area contributed by atoms with E-state index in [1.165, 1.54) is 19.3 Å². The van der Waals surface area contributed by atoms with Gasteiger partial charge in [-0.1, -0.05) is 39.0 Å². The number of carbonyl (C=O) groups is 1. The van der Waals surface area contributed by atoms with Crippen molar-refractivity contribution in [3.8, 4) is 0 Å². The average Bonchev–Trinajstić information content (AvgIpc) is 2.55. The molecule has 134 valence electrons. The number of aliphatic hydroxyl groups is 1. The molecule has 1 heterocycles. The van der Waals surface area contributed by atoms with Crippen LogP contribution in [0.5, 0.6) is 0 Å². The smallest absolute Gasteiger partial charge is 0.317 e. The van der Waals surface area contributed by atoms with Gasteiger partial charge in [-0.05, 0) is 32.1 Å². The molecule has 2 fully saturated rings. The third kappa shape index (κ3) is 5.64. The summed E-state index contributed by atoms with van der Waals surface area (Å²) in [5.74, 6) is 0. The largest absolute Gasteiger partial charge is 0.395 e. The second-order valence-electron chi connectivity index (χ2n) is 7.15. The summed E-state index contributed by atoms with van der Waals surface area (Å²) < 4.78 is 6.10. The summed E-state index contributed by atoms with van der Waals surface area (Å²) >= 11 is 0. The molecule has 1 unspecified atom stereocenters. The summed E-state index contributed by atoms with van der Waals surface area (Å²) in [5, 5.41) is 12.4. The zero-order chi connectivity index (χ0) is 16.5. The lowest BCUT2D eigenvalue weighted by atomic mass is 9.78. The molecule has 0 aromatic carbocycles. The highest BCUT2D eigenvalue weighted by Gasteiger charge is 2.39. The number of amides is 2. The number of nitrogens with zero attached hydrogens (tertiary/aromatic N) is 1. The number of aliphatic hydroxyl groups excluding tert-OH is 1. The fourth-order valence-corrected chi connectivity index (χ4v) is 3.95. The molecule has 1 spiro atoms. The number of ether oxygens (including phenoxy) is 1. The van der Waals surface area contributed by atoms with Gasteiger partial charge in [-0.25, -0.2) is 4.79 Å². The van der Waals surface area contributed by atoms with Gasteiger partial charge in [-0.3, -0.25) is 0 Å². The highest BCUT2D eigenvalue weighted by molar-refractivity contribution is 5.74. The lowest BCUT2D eigenvalue weighted by molar-refractivity contribution is -0.108. The Bertz CT molecular complexity index is 351. The van der Waals surface area contributed by atoms with Gasteiger partial charge < -0.3 is 20.1 Å². The first-order chi connectivity index (χ1) is 11.2. The van der Waals surface area contributed by atoms with Gasteiger partial charge in [0.2, 0.25) is 0 Å². The molecule has 2 aliphatic rings. The molecule has 1 aliphatic carbocycles. The summed E-state index contributed by atoms with van der Waals surface area (Å²) in [6, 6.07) is 0.190. The normalized spacial score (nSPS) is 23.7. The second-order valence-corrected chi connectivity index (χ2v) is 7.15. The predicted octanol–water partition coefficient (Wildman–Crippen LogP) is 3.06. The van der Waals surface area contributed by atoms with E-state index in [0.29, 0.717) is 6.54 Å².